The van der Waals surface area contributed by atoms with E-state index in [1.807, 2.05) is 0 Å². The molecular weight excluding hydrogens is 516 g/mol. The van der Waals surface area contributed by atoms with Gasteiger partial charge in [0.25, 0.3) is 0 Å². The number of rotatable bonds is 0. The lowest BCUT2D eigenvalue weighted by Crippen LogP contribution is -2.52. The zero-order valence-corrected chi connectivity index (χ0v) is 24.3. The summed E-state index contributed by atoms with van der Waals surface area (Å²) in [5, 5.41) is 5.83. The number of benzene rings is 2. The zero-order valence-electron chi connectivity index (χ0n) is 24.3. The summed E-state index contributed by atoms with van der Waals surface area (Å²) in [6, 6.07) is 15.2. The fourth-order valence-corrected chi connectivity index (χ4v) is 7.15. The van der Waals surface area contributed by atoms with Crippen molar-refractivity contribution in [3.63, 3.8) is 0 Å². The number of amides is 2. The van der Waals surface area contributed by atoms with Crippen molar-refractivity contribution < 1.29 is 19.1 Å². The maximum Gasteiger partial charge on any atom is 0.229 e. The van der Waals surface area contributed by atoms with Gasteiger partial charge in [-0.1, -0.05) is 62.4 Å². The van der Waals surface area contributed by atoms with Crippen LogP contribution in [0.4, 0.5) is 0 Å². The summed E-state index contributed by atoms with van der Waals surface area (Å²) in [6.07, 6.45) is 5.29. The van der Waals surface area contributed by atoms with E-state index in [4.69, 9.17) is 9.47 Å². The van der Waals surface area contributed by atoms with Gasteiger partial charge in [-0.2, -0.15) is 0 Å². The van der Waals surface area contributed by atoms with Gasteiger partial charge in [-0.3, -0.25) is 19.4 Å². The molecule has 0 radical (unpaired) electrons. The van der Waals surface area contributed by atoms with Gasteiger partial charge >= 0.3 is 0 Å². The van der Waals surface area contributed by atoms with Crippen LogP contribution in [0, 0.1) is 0 Å². The number of nitrogens with zero attached hydrogens (tertiary/aromatic N) is 2. The molecule has 8 heteroatoms. The minimum Gasteiger partial charge on any atom is -0.481 e. The molecule has 218 valence electrons. The van der Waals surface area contributed by atoms with Gasteiger partial charge in [0.2, 0.25) is 11.8 Å². The molecule has 1 aliphatic carbocycles. The molecule has 3 heterocycles. The molecule has 4 bridgehead atoms. The molecule has 4 unspecified atom stereocenters. The van der Waals surface area contributed by atoms with Crippen LogP contribution in [-0.4, -0.2) is 86.2 Å². The molecule has 2 aromatic rings. The number of ether oxygens (including phenoxy) is 2. The Morgan fingerprint density at radius 2 is 1.61 bits per heavy atom. The van der Waals surface area contributed by atoms with Crippen LogP contribution < -0.4 is 15.4 Å². The molecule has 1 saturated heterocycles. The van der Waals surface area contributed by atoms with E-state index in [0.29, 0.717) is 45.9 Å². The summed E-state index contributed by atoms with van der Waals surface area (Å²) in [6.45, 7) is 11.5. The number of carbonyl (C=O) groups is 2. The second-order valence-electron chi connectivity index (χ2n) is 12.2. The summed E-state index contributed by atoms with van der Waals surface area (Å²) in [5.41, 5.74) is 4.19. The largest absolute Gasteiger partial charge is 0.481 e. The van der Waals surface area contributed by atoms with Crippen LogP contribution in [0.2, 0.25) is 0 Å². The van der Waals surface area contributed by atoms with Crippen molar-refractivity contribution in [1.82, 2.24) is 20.4 Å². The van der Waals surface area contributed by atoms with Crippen LogP contribution in [0.3, 0.4) is 0 Å². The van der Waals surface area contributed by atoms with Gasteiger partial charge in [0.15, 0.2) is 0 Å². The maximum atomic E-state index is 12.3. The van der Waals surface area contributed by atoms with Crippen LogP contribution in [0.25, 0.3) is 6.08 Å². The normalized spacial score (nSPS) is 30.0. The SMILES string of the molecule is CC1(C)c2ccccc2C2CCOCCN3CCNC(=O)CC(=O)NCCN(CC3)Cc3cccc4c3OC21C=C4. The molecular formula is C33H42N4O4. The van der Waals surface area contributed by atoms with Gasteiger partial charge in [0, 0.05) is 81.4 Å². The molecule has 8 nitrogen and oxygen atoms in total. The van der Waals surface area contributed by atoms with Crippen molar-refractivity contribution in [3.05, 3.63) is 70.8 Å². The van der Waals surface area contributed by atoms with E-state index >= 15 is 0 Å². The highest BCUT2D eigenvalue weighted by molar-refractivity contribution is 5.96. The smallest absolute Gasteiger partial charge is 0.229 e. The number of carbonyl (C=O) groups excluding carboxylic acids is 2. The quantitative estimate of drug-likeness (QED) is 0.484. The van der Waals surface area contributed by atoms with Gasteiger partial charge in [0.05, 0.1) is 6.61 Å². The second-order valence-corrected chi connectivity index (χ2v) is 12.2. The minimum atomic E-state index is -0.524. The highest BCUT2D eigenvalue weighted by Crippen LogP contribution is 2.59. The van der Waals surface area contributed by atoms with Crippen molar-refractivity contribution in [1.29, 1.82) is 0 Å². The van der Waals surface area contributed by atoms with E-state index in [1.165, 1.54) is 11.1 Å². The molecule has 3 aliphatic heterocycles. The van der Waals surface area contributed by atoms with E-state index in [2.05, 4.69) is 88.9 Å². The Morgan fingerprint density at radius 1 is 0.854 bits per heavy atom. The van der Waals surface area contributed by atoms with Gasteiger partial charge in [0.1, 0.15) is 17.8 Å². The van der Waals surface area contributed by atoms with Crippen molar-refractivity contribution in [2.75, 3.05) is 59.0 Å². The van der Waals surface area contributed by atoms with Crippen molar-refractivity contribution >= 4 is 17.9 Å². The van der Waals surface area contributed by atoms with Crippen LogP contribution >= 0.6 is 0 Å². The Hall–Kier alpha value is -3.20. The number of fused-ring (bicyclic) bond motifs is 5. The average Bonchev–Trinajstić information content (AvgIpc) is 3.13. The number of nitrogens with one attached hydrogen (secondary N) is 2. The molecule has 4 atom stereocenters. The summed E-state index contributed by atoms with van der Waals surface area (Å²) in [4.78, 5) is 29.3. The molecule has 41 heavy (non-hydrogen) atoms. The highest BCUT2D eigenvalue weighted by atomic mass is 16.5. The van der Waals surface area contributed by atoms with E-state index in [-0.39, 0.29) is 29.6 Å². The molecule has 2 amide bonds. The molecule has 4 aliphatic rings. The molecule has 1 spiro atoms. The third-order valence-corrected chi connectivity index (χ3v) is 9.46. The van der Waals surface area contributed by atoms with E-state index in [0.717, 1.165) is 42.9 Å². The summed E-state index contributed by atoms with van der Waals surface area (Å²) < 4.78 is 13.6. The molecule has 0 aromatic heterocycles. The molecule has 0 saturated carbocycles. The summed E-state index contributed by atoms with van der Waals surface area (Å²) in [5.74, 6) is 0.638. The molecule has 2 aromatic carbocycles. The Bertz CT molecular complexity index is 1320. The van der Waals surface area contributed by atoms with Crippen LogP contribution in [0.5, 0.6) is 5.75 Å². The predicted molar refractivity (Wildman–Crippen MR) is 159 cm³/mol. The summed E-state index contributed by atoms with van der Waals surface area (Å²) >= 11 is 0. The van der Waals surface area contributed by atoms with Gasteiger partial charge in [-0.05, 0) is 23.6 Å². The standard InChI is InChI=1S/C33H42N4O4/c1-32(2)27-9-4-3-8-26(27)28-11-20-40-21-19-36-15-13-34-29(38)22-30(39)35-14-16-37(18-17-36)23-25-7-5-6-24-10-12-33(28,32)41-31(24)25/h3-10,12,28H,11,13-23H2,1-2H3,(H,34,38)(H,35,39). The van der Waals surface area contributed by atoms with Gasteiger partial charge in [-0.25, -0.2) is 0 Å². The Balaban J connectivity index is 1.37. The molecule has 2 N–H and O–H groups in total. The second kappa shape index (κ2) is 11.6. The number of hydrogen-bond donors (Lipinski definition) is 2. The van der Waals surface area contributed by atoms with Crippen molar-refractivity contribution in [2.24, 2.45) is 0 Å². The van der Waals surface area contributed by atoms with Crippen molar-refractivity contribution in [2.45, 2.75) is 50.2 Å². The lowest BCUT2D eigenvalue weighted by molar-refractivity contribution is -0.129. The summed E-state index contributed by atoms with van der Waals surface area (Å²) in [7, 11) is 0. The topological polar surface area (TPSA) is 83.1 Å². The third kappa shape index (κ3) is 5.41. The maximum absolute atomic E-state index is 12.3. The first kappa shape index (κ1) is 27.9. The Labute approximate surface area is 243 Å². The van der Waals surface area contributed by atoms with E-state index < -0.39 is 5.60 Å². The average molecular weight is 559 g/mol. The number of para-hydroxylation sites is 1. The lowest BCUT2D eigenvalue weighted by atomic mass is 9.69. The Kier molecular flexibility index (Phi) is 7.90. The minimum absolute atomic E-state index is 0.142. The van der Waals surface area contributed by atoms with E-state index in [1.54, 1.807) is 0 Å². The van der Waals surface area contributed by atoms with Crippen LogP contribution in [0.1, 0.15) is 54.9 Å². The first-order valence-electron chi connectivity index (χ1n) is 15.0. The molecule has 6 rings (SSSR count). The van der Waals surface area contributed by atoms with Gasteiger partial charge in [-0.15, -0.1) is 0 Å². The first-order valence-corrected chi connectivity index (χ1v) is 15.0. The first-order chi connectivity index (χ1) is 19.9. The van der Waals surface area contributed by atoms with Gasteiger partial charge < -0.3 is 20.1 Å². The molecule has 1 fully saturated rings. The third-order valence-electron chi connectivity index (χ3n) is 9.46. The lowest BCUT2D eigenvalue weighted by Gasteiger charge is -2.46. The zero-order chi connectivity index (χ0) is 28.5. The van der Waals surface area contributed by atoms with Crippen molar-refractivity contribution in [3.8, 4) is 5.75 Å². The Morgan fingerprint density at radius 3 is 2.44 bits per heavy atom. The number of hydrogen-bond acceptors (Lipinski definition) is 6. The predicted octanol–water partition coefficient (Wildman–Crippen LogP) is 3.07. The fourth-order valence-electron chi connectivity index (χ4n) is 7.15. The monoisotopic (exact) mass is 558 g/mol. The van der Waals surface area contributed by atoms with E-state index in [9.17, 15) is 9.59 Å². The van der Waals surface area contributed by atoms with Crippen LogP contribution in [0.15, 0.2) is 48.5 Å². The van der Waals surface area contributed by atoms with Crippen LogP contribution in [-0.2, 0) is 26.3 Å². The fraction of sp³-hybridized carbons (Fsp3) is 0.515. The highest BCUT2D eigenvalue weighted by Gasteiger charge is 2.59.